The van der Waals surface area contributed by atoms with E-state index in [1.54, 1.807) is 18.2 Å². The number of rotatable bonds is 10. The molecule has 144 valence electrons. The molecule has 0 aliphatic heterocycles. The second-order valence-electron chi connectivity index (χ2n) is 5.54. The summed E-state index contributed by atoms with van der Waals surface area (Å²) in [7, 11) is 3.06. The third-order valence-corrected chi connectivity index (χ3v) is 3.60. The van der Waals surface area contributed by atoms with E-state index >= 15 is 0 Å². The minimum absolute atomic E-state index is 0.0325. The van der Waals surface area contributed by atoms with Gasteiger partial charge < -0.3 is 24.3 Å². The Morgan fingerprint density at radius 3 is 2.41 bits per heavy atom. The van der Waals surface area contributed by atoms with Gasteiger partial charge in [0.1, 0.15) is 12.4 Å². The molecule has 0 fully saturated rings. The average molecular weight is 373 g/mol. The van der Waals surface area contributed by atoms with Gasteiger partial charge >= 0.3 is 5.97 Å². The molecule has 0 saturated heterocycles. The van der Waals surface area contributed by atoms with Gasteiger partial charge in [0.25, 0.3) is 5.91 Å². The number of benzene rings is 2. The molecule has 2 aromatic rings. The molecule has 2 aromatic carbocycles. The maximum Gasteiger partial charge on any atom is 0.310 e. The lowest BCUT2D eigenvalue weighted by Gasteiger charge is -2.10. The Labute approximate surface area is 158 Å². The SMILES string of the molecule is COc1ccc(CC(=O)OCC(=O)NCCOc2ccccc2)cc1OC. The lowest BCUT2D eigenvalue weighted by Crippen LogP contribution is -2.32. The van der Waals surface area contributed by atoms with Crippen LogP contribution in [0.4, 0.5) is 0 Å². The topological polar surface area (TPSA) is 83.1 Å². The van der Waals surface area contributed by atoms with Gasteiger partial charge in [-0.15, -0.1) is 0 Å². The first-order chi connectivity index (χ1) is 13.1. The second kappa shape index (κ2) is 10.7. The normalized spacial score (nSPS) is 10.0. The van der Waals surface area contributed by atoms with Crippen molar-refractivity contribution < 1.29 is 28.5 Å². The summed E-state index contributed by atoms with van der Waals surface area (Å²) in [5, 5.41) is 2.63. The van der Waals surface area contributed by atoms with Crippen molar-refractivity contribution in [3.63, 3.8) is 0 Å². The van der Waals surface area contributed by atoms with Gasteiger partial charge in [0.2, 0.25) is 0 Å². The Hall–Kier alpha value is -3.22. The van der Waals surface area contributed by atoms with Gasteiger partial charge in [0.15, 0.2) is 18.1 Å². The highest BCUT2D eigenvalue weighted by Crippen LogP contribution is 2.27. The Morgan fingerprint density at radius 2 is 1.70 bits per heavy atom. The maximum atomic E-state index is 11.9. The van der Waals surface area contributed by atoms with Crippen LogP contribution in [0, 0.1) is 0 Å². The zero-order chi connectivity index (χ0) is 19.5. The summed E-state index contributed by atoms with van der Waals surface area (Å²) in [5.74, 6) is 0.948. The first-order valence-electron chi connectivity index (χ1n) is 8.43. The summed E-state index contributed by atoms with van der Waals surface area (Å²) in [5.41, 5.74) is 0.703. The highest BCUT2D eigenvalue weighted by atomic mass is 16.5. The molecule has 0 radical (unpaired) electrons. The van der Waals surface area contributed by atoms with E-state index in [-0.39, 0.29) is 18.9 Å². The Balaban J connectivity index is 1.66. The third-order valence-electron chi connectivity index (χ3n) is 3.60. The van der Waals surface area contributed by atoms with Crippen molar-refractivity contribution in [3.8, 4) is 17.2 Å². The molecule has 1 amide bonds. The number of ether oxygens (including phenoxy) is 4. The van der Waals surface area contributed by atoms with Crippen LogP contribution in [0.2, 0.25) is 0 Å². The van der Waals surface area contributed by atoms with Crippen molar-refractivity contribution in [1.29, 1.82) is 0 Å². The van der Waals surface area contributed by atoms with Gasteiger partial charge in [0.05, 0.1) is 27.2 Å². The molecule has 7 heteroatoms. The van der Waals surface area contributed by atoms with E-state index in [2.05, 4.69) is 5.32 Å². The summed E-state index contributed by atoms with van der Waals surface area (Å²) in [6, 6.07) is 14.4. The van der Waals surface area contributed by atoms with Crippen molar-refractivity contribution in [2.75, 3.05) is 34.0 Å². The van der Waals surface area contributed by atoms with Crippen molar-refractivity contribution in [2.45, 2.75) is 6.42 Å². The smallest absolute Gasteiger partial charge is 0.310 e. The first-order valence-corrected chi connectivity index (χ1v) is 8.43. The number of hydrogen-bond donors (Lipinski definition) is 1. The quantitative estimate of drug-likeness (QED) is 0.507. The molecule has 27 heavy (non-hydrogen) atoms. The van der Waals surface area contributed by atoms with E-state index in [0.717, 1.165) is 5.75 Å². The lowest BCUT2D eigenvalue weighted by molar-refractivity contribution is -0.147. The molecule has 7 nitrogen and oxygen atoms in total. The minimum atomic E-state index is -0.502. The van der Waals surface area contributed by atoms with Crippen LogP contribution in [0.15, 0.2) is 48.5 Å². The van der Waals surface area contributed by atoms with E-state index in [4.69, 9.17) is 18.9 Å². The summed E-state index contributed by atoms with van der Waals surface area (Å²) >= 11 is 0. The number of amides is 1. The summed E-state index contributed by atoms with van der Waals surface area (Å²) in [6.07, 6.45) is 0.0325. The van der Waals surface area contributed by atoms with Crippen LogP contribution in [0.25, 0.3) is 0 Å². The monoisotopic (exact) mass is 373 g/mol. The zero-order valence-corrected chi connectivity index (χ0v) is 15.4. The van der Waals surface area contributed by atoms with Crippen LogP contribution in [-0.2, 0) is 20.7 Å². The van der Waals surface area contributed by atoms with Gasteiger partial charge in [-0.1, -0.05) is 24.3 Å². The van der Waals surface area contributed by atoms with E-state index in [1.807, 2.05) is 30.3 Å². The molecular weight excluding hydrogens is 350 g/mol. The summed E-state index contributed by atoms with van der Waals surface area (Å²) in [4.78, 5) is 23.6. The summed E-state index contributed by atoms with van der Waals surface area (Å²) < 4.78 is 20.8. The van der Waals surface area contributed by atoms with Crippen LogP contribution >= 0.6 is 0 Å². The van der Waals surface area contributed by atoms with Crippen molar-refractivity contribution in [1.82, 2.24) is 5.32 Å². The van der Waals surface area contributed by atoms with Gasteiger partial charge in [-0.3, -0.25) is 9.59 Å². The van der Waals surface area contributed by atoms with E-state index < -0.39 is 5.97 Å². The van der Waals surface area contributed by atoms with Crippen LogP contribution in [-0.4, -0.2) is 45.9 Å². The highest BCUT2D eigenvalue weighted by Gasteiger charge is 2.11. The number of esters is 1. The van der Waals surface area contributed by atoms with Crippen molar-refractivity contribution in [3.05, 3.63) is 54.1 Å². The van der Waals surface area contributed by atoms with Crippen LogP contribution in [0.1, 0.15) is 5.56 Å². The van der Waals surface area contributed by atoms with Crippen LogP contribution in [0.3, 0.4) is 0 Å². The van der Waals surface area contributed by atoms with Crippen LogP contribution in [0.5, 0.6) is 17.2 Å². The molecule has 0 aliphatic carbocycles. The predicted molar refractivity (Wildman–Crippen MR) is 99.2 cm³/mol. The number of methoxy groups -OCH3 is 2. The molecule has 0 spiro atoms. The fraction of sp³-hybridized carbons (Fsp3) is 0.300. The molecule has 0 atom stereocenters. The lowest BCUT2D eigenvalue weighted by atomic mass is 10.1. The number of hydrogen-bond acceptors (Lipinski definition) is 6. The third kappa shape index (κ3) is 6.89. The molecule has 0 aliphatic rings. The molecule has 0 bridgehead atoms. The molecule has 0 unspecified atom stereocenters. The van der Waals surface area contributed by atoms with Crippen molar-refractivity contribution in [2.24, 2.45) is 0 Å². The number of carbonyl (C=O) groups is 2. The first kappa shape index (κ1) is 20.1. The molecule has 2 rings (SSSR count). The Bertz CT molecular complexity index is 747. The van der Waals surface area contributed by atoms with E-state index in [1.165, 1.54) is 14.2 Å². The number of para-hydroxylation sites is 1. The zero-order valence-electron chi connectivity index (χ0n) is 15.4. The van der Waals surface area contributed by atoms with E-state index in [0.29, 0.717) is 30.2 Å². The minimum Gasteiger partial charge on any atom is -0.493 e. The predicted octanol–water partition coefficient (Wildman–Crippen LogP) is 1.98. The molecule has 1 N–H and O–H groups in total. The summed E-state index contributed by atoms with van der Waals surface area (Å²) in [6.45, 7) is 0.313. The maximum absolute atomic E-state index is 11.9. The fourth-order valence-corrected chi connectivity index (χ4v) is 2.28. The highest BCUT2D eigenvalue weighted by molar-refractivity contribution is 5.81. The molecular formula is C20H23NO6. The molecule has 0 saturated carbocycles. The number of carbonyl (C=O) groups excluding carboxylic acids is 2. The van der Waals surface area contributed by atoms with Gasteiger partial charge in [0, 0.05) is 0 Å². The van der Waals surface area contributed by atoms with Gasteiger partial charge in [-0.2, -0.15) is 0 Å². The Kier molecular flexibility index (Phi) is 7.96. The fourth-order valence-electron chi connectivity index (χ4n) is 2.28. The van der Waals surface area contributed by atoms with Crippen molar-refractivity contribution >= 4 is 11.9 Å². The number of nitrogens with one attached hydrogen (secondary N) is 1. The largest absolute Gasteiger partial charge is 0.493 e. The molecule has 0 heterocycles. The standard InChI is InChI=1S/C20H23NO6/c1-24-17-9-8-15(12-18(17)25-2)13-20(23)27-14-19(22)21-10-11-26-16-6-4-3-5-7-16/h3-9,12H,10-11,13-14H2,1-2H3,(H,21,22). The van der Waals surface area contributed by atoms with Crippen LogP contribution < -0.4 is 19.5 Å². The Morgan fingerprint density at radius 1 is 0.963 bits per heavy atom. The van der Waals surface area contributed by atoms with E-state index in [9.17, 15) is 9.59 Å². The average Bonchev–Trinajstić information content (AvgIpc) is 2.70. The van der Waals surface area contributed by atoms with Gasteiger partial charge in [-0.05, 0) is 29.8 Å². The van der Waals surface area contributed by atoms with Gasteiger partial charge in [-0.25, -0.2) is 0 Å². The molecule has 0 aromatic heterocycles. The second-order valence-corrected chi connectivity index (χ2v) is 5.54.